The van der Waals surface area contributed by atoms with Gasteiger partial charge in [0.15, 0.2) is 0 Å². The lowest BCUT2D eigenvalue weighted by Gasteiger charge is -2.02. The SMILES string of the molecule is Oc1cc(O)c(C=Nc2ccc(Cl)cc2Cl)cc1Cl. The zero-order valence-electron chi connectivity index (χ0n) is 9.44. The summed E-state index contributed by atoms with van der Waals surface area (Å²) in [6.07, 6.45) is 1.40. The number of rotatable bonds is 2. The van der Waals surface area contributed by atoms with Gasteiger partial charge in [0.2, 0.25) is 0 Å². The number of aromatic hydroxyl groups is 2. The first-order chi connectivity index (χ1) is 8.97. The minimum atomic E-state index is -0.194. The maximum absolute atomic E-state index is 9.64. The van der Waals surface area contributed by atoms with Crippen molar-refractivity contribution in [2.75, 3.05) is 0 Å². The van der Waals surface area contributed by atoms with E-state index in [1.165, 1.54) is 12.3 Å². The summed E-state index contributed by atoms with van der Waals surface area (Å²) in [5.41, 5.74) is 0.878. The largest absolute Gasteiger partial charge is 0.507 e. The molecule has 0 aromatic heterocycles. The van der Waals surface area contributed by atoms with Gasteiger partial charge in [0.05, 0.1) is 15.7 Å². The molecule has 2 aromatic rings. The Bertz CT molecular complexity index is 657. The monoisotopic (exact) mass is 315 g/mol. The van der Waals surface area contributed by atoms with Crippen LogP contribution in [-0.4, -0.2) is 16.4 Å². The van der Waals surface area contributed by atoms with E-state index < -0.39 is 0 Å². The molecule has 0 radical (unpaired) electrons. The molecule has 2 aromatic carbocycles. The fraction of sp³-hybridized carbons (Fsp3) is 0. The van der Waals surface area contributed by atoms with E-state index in [1.54, 1.807) is 18.2 Å². The van der Waals surface area contributed by atoms with Crippen LogP contribution in [0.3, 0.4) is 0 Å². The number of aliphatic imine (C=N–C) groups is 1. The predicted molar refractivity (Wildman–Crippen MR) is 78.5 cm³/mol. The second kappa shape index (κ2) is 5.70. The number of hydrogen-bond acceptors (Lipinski definition) is 3. The number of hydrogen-bond donors (Lipinski definition) is 2. The Labute approximate surface area is 124 Å². The predicted octanol–water partition coefficient (Wildman–Crippen LogP) is 4.81. The minimum absolute atomic E-state index is 0.126. The molecule has 0 aliphatic carbocycles. The van der Waals surface area contributed by atoms with Gasteiger partial charge in [0.25, 0.3) is 0 Å². The number of phenols is 2. The van der Waals surface area contributed by atoms with Gasteiger partial charge in [-0.2, -0.15) is 0 Å². The average Bonchev–Trinajstić information content (AvgIpc) is 2.34. The van der Waals surface area contributed by atoms with E-state index in [0.29, 0.717) is 21.3 Å². The maximum atomic E-state index is 9.64. The Morgan fingerprint density at radius 3 is 2.32 bits per heavy atom. The summed E-state index contributed by atoms with van der Waals surface area (Å²) in [6.45, 7) is 0. The Morgan fingerprint density at radius 1 is 0.895 bits per heavy atom. The van der Waals surface area contributed by atoms with Gasteiger partial charge in [-0.15, -0.1) is 0 Å². The van der Waals surface area contributed by atoms with Crippen molar-refractivity contribution in [2.24, 2.45) is 4.99 Å². The maximum Gasteiger partial charge on any atom is 0.137 e. The summed E-state index contributed by atoms with van der Waals surface area (Å²) in [5, 5.41) is 20.0. The molecule has 0 aliphatic rings. The van der Waals surface area contributed by atoms with Crippen LogP contribution < -0.4 is 0 Å². The van der Waals surface area contributed by atoms with Crippen LogP contribution in [0.1, 0.15) is 5.56 Å². The van der Waals surface area contributed by atoms with Crippen molar-refractivity contribution in [1.82, 2.24) is 0 Å². The van der Waals surface area contributed by atoms with Gasteiger partial charge < -0.3 is 10.2 Å². The molecule has 2 N–H and O–H groups in total. The second-order valence-electron chi connectivity index (χ2n) is 3.72. The Kier molecular flexibility index (Phi) is 4.20. The zero-order valence-corrected chi connectivity index (χ0v) is 11.7. The first kappa shape index (κ1) is 14.0. The van der Waals surface area contributed by atoms with E-state index in [4.69, 9.17) is 34.8 Å². The van der Waals surface area contributed by atoms with Crippen molar-refractivity contribution in [3.05, 3.63) is 51.0 Å². The van der Waals surface area contributed by atoms with Gasteiger partial charge in [0.1, 0.15) is 11.5 Å². The highest BCUT2D eigenvalue weighted by molar-refractivity contribution is 6.36. The lowest BCUT2D eigenvalue weighted by molar-refractivity contribution is 0.450. The van der Waals surface area contributed by atoms with Crippen LogP contribution in [0.4, 0.5) is 5.69 Å². The van der Waals surface area contributed by atoms with Gasteiger partial charge in [-0.05, 0) is 24.3 Å². The molecule has 0 bridgehead atoms. The van der Waals surface area contributed by atoms with Gasteiger partial charge in [-0.3, -0.25) is 4.99 Å². The molecule has 0 saturated heterocycles. The van der Waals surface area contributed by atoms with E-state index in [9.17, 15) is 10.2 Å². The smallest absolute Gasteiger partial charge is 0.137 e. The van der Waals surface area contributed by atoms with Crippen molar-refractivity contribution in [2.45, 2.75) is 0 Å². The summed E-state index contributed by atoms with van der Waals surface area (Å²) >= 11 is 17.5. The van der Waals surface area contributed by atoms with Crippen molar-refractivity contribution >= 4 is 46.7 Å². The Morgan fingerprint density at radius 2 is 1.63 bits per heavy atom. The molecule has 2 rings (SSSR count). The summed E-state index contributed by atoms with van der Waals surface area (Å²) in [7, 11) is 0. The first-order valence-electron chi connectivity index (χ1n) is 5.18. The van der Waals surface area contributed by atoms with Crippen molar-refractivity contribution in [3.8, 4) is 11.5 Å². The number of halogens is 3. The van der Waals surface area contributed by atoms with E-state index in [2.05, 4.69) is 4.99 Å². The van der Waals surface area contributed by atoms with Crippen molar-refractivity contribution < 1.29 is 10.2 Å². The second-order valence-corrected chi connectivity index (χ2v) is 4.97. The molecular formula is C13H8Cl3NO2. The molecule has 6 heteroatoms. The minimum Gasteiger partial charge on any atom is -0.507 e. The summed E-state index contributed by atoms with van der Waals surface area (Å²) in [5.74, 6) is -0.323. The quantitative estimate of drug-likeness (QED) is 0.781. The molecule has 0 spiro atoms. The fourth-order valence-electron chi connectivity index (χ4n) is 1.39. The van der Waals surface area contributed by atoms with Gasteiger partial charge in [-0.1, -0.05) is 34.8 Å². The summed E-state index contributed by atoms with van der Waals surface area (Å²) < 4.78 is 0. The molecule has 0 atom stereocenters. The Balaban J connectivity index is 2.35. The number of nitrogens with zero attached hydrogens (tertiary/aromatic N) is 1. The topological polar surface area (TPSA) is 52.8 Å². The van der Waals surface area contributed by atoms with E-state index in [1.807, 2.05) is 0 Å². The van der Waals surface area contributed by atoms with Crippen LogP contribution >= 0.6 is 34.8 Å². The van der Waals surface area contributed by atoms with E-state index in [-0.39, 0.29) is 16.5 Å². The number of benzene rings is 2. The molecule has 0 fully saturated rings. The molecule has 0 heterocycles. The van der Waals surface area contributed by atoms with Crippen molar-refractivity contribution in [1.29, 1.82) is 0 Å². The van der Waals surface area contributed by atoms with Gasteiger partial charge in [0, 0.05) is 22.9 Å². The standard InChI is InChI=1S/C13H8Cl3NO2/c14-8-1-2-11(9(15)4-8)17-6-7-3-10(16)13(19)5-12(7)18/h1-6,18-19H. The fourth-order valence-corrected chi connectivity index (χ4v) is 2.02. The first-order valence-corrected chi connectivity index (χ1v) is 6.31. The molecule has 19 heavy (non-hydrogen) atoms. The third-order valence-corrected chi connectivity index (χ3v) is 3.19. The molecule has 3 nitrogen and oxygen atoms in total. The Hall–Kier alpha value is -1.42. The normalized spacial score (nSPS) is 11.1. The van der Waals surface area contributed by atoms with Crippen LogP contribution in [0.5, 0.6) is 11.5 Å². The number of phenolic OH excluding ortho intramolecular Hbond substituents is 2. The molecule has 0 aliphatic heterocycles. The molecule has 0 amide bonds. The summed E-state index contributed by atoms with van der Waals surface area (Å²) in [4.78, 5) is 4.13. The molecule has 0 unspecified atom stereocenters. The van der Waals surface area contributed by atoms with Crippen LogP contribution in [0, 0.1) is 0 Å². The highest BCUT2D eigenvalue weighted by Crippen LogP contribution is 2.31. The molecule has 98 valence electrons. The average molecular weight is 317 g/mol. The summed E-state index contributed by atoms with van der Waals surface area (Å²) in [6, 6.07) is 7.43. The third-order valence-electron chi connectivity index (χ3n) is 2.35. The van der Waals surface area contributed by atoms with Crippen LogP contribution in [0.15, 0.2) is 35.3 Å². The van der Waals surface area contributed by atoms with Crippen LogP contribution in [0.25, 0.3) is 0 Å². The van der Waals surface area contributed by atoms with Crippen molar-refractivity contribution in [3.63, 3.8) is 0 Å². The van der Waals surface area contributed by atoms with Crippen LogP contribution in [-0.2, 0) is 0 Å². The van der Waals surface area contributed by atoms with Gasteiger partial charge >= 0.3 is 0 Å². The molecular weight excluding hydrogens is 309 g/mol. The van der Waals surface area contributed by atoms with Crippen LogP contribution in [0.2, 0.25) is 15.1 Å². The van der Waals surface area contributed by atoms with Gasteiger partial charge in [-0.25, -0.2) is 0 Å². The van der Waals surface area contributed by atoms with E-state index in [0.717, 1.165) is 6.07 Å². The lowest BCUT2D eigenvalue weighted by Crippen LogP contribution is -1.83. The third kappa shape index (κ3) is 3.32. The lowest BCUT2D eigenvalue weighted by atomic mass is 10.2. The zero-order chi connectivity index (χ0) is 14.0. The van der Waals surface area contributed by atoms with E-state index >= 15 is 0 Å². The highest BCUT2D eigenvalue weighted by atomic mass is 35.5. The molecule has 0 saturated carbocycles. The highest BCUT2D eigenvalue weighted by Gasteiger charge is 2.05.